The maximum atomic E-state index is 11.7. The molecule has 0 saturated heterocycles. The van der Waals surface area contributed by atoms with E-state index in [9.17, 15) is 9.59 Å². The van der Waals surface area contributed by atoms with Crippen LogP contribution in [0.5, 0.6) is 0 Å². The third-order valence-corrected chi connectivity index (χ3v) is 2.61. The van der Waals surface area contributed by atoms with Crippen molar-refractivity contribution in [1.82, 2.24) is 9.55 Å². The molecule has 0 bridgehead atoms. The third-order valence-electron chi connectivity index (χ3n) is 2.61. The number of aromatic nitrogens is 2. The standard InChI is InChI=1S/C12H18N4O2/c1-4-7-16-10(13)9(11(17)15-12(16)18)14-8(5-2)6-3/h2,8,14H,4,6-7,13H2,1,3H3,(H,15,17,18). The van der Waals surface area contributed by atoms with Crippen LogP contribution in [0.15, 0.2) is 9.59 Å². The Labute approximate surface area is 105 Å². The molecule has 0 aliphatic rings. The number of nitrogens with two attached hydrogens (primary N) is 1. The van der Waals surface area contributed by atoms with Gasteiger partial charge in [-0.25, -0.2) is 4.79 Å². The molecule has 0 aromatic carbocycles. The summed E-state index contributed by atoms with van der Waals surface area (Å²) in [7, 11) is 0. The molecule has 98 valence electrons. The summed E-state index contributed by atoms with van der Waals surface area (Å²) in [4.78, 5) is 25.5. The first-order chi connectivity index (χ1) is 8.54. The molecule has 1 unspecified atom stereocenters. The van der Waals surface area contributed by atoms with Crippen molar-refractivity contribution in [1.29, 1.82) is 0 Å². The lowest BCUT2D eigenvalue weighted by atomic mass is 10.2. The van der Waals surface area contributed by atoms with E-state index in [4.69, 9.17) is 12.2 Å². The highest BCUT2D eigenvalue weighted by Crippen LogP contribution is 2.12. The Morgan fingerprint density at radius 1 is 1.50 bits per heavy atom. The largest absolute Gasteiger partial charge is 0.383 e. The number of nitrogens with zero attached hydrogens (tertiary/aromatic N) is 1. The minimum Gasteiger partial charge on any atom is -0.383 e. The molecule has 0 aliphatic heterocycles. The molecule has 1 rings (SSSR count). The van der Waals surface area contributed by atoms with Gasteiger partial charge in [-0.2, -0.15) is 0 Å². The minimum atomic E-state index is -0.543. The van der Waals surface area contributed by atoms with Gasteiger partial charge in [-0.3, -0.25) is 14.3 Å². The van der Waals surface area contributed by atoms with E-state index in [2.05, 4.69) is 16.2 Å². The van der Waals surface area contributed by atoms with Crippen molar-refractivity contribution < 1.29 is 0 Å². The fourth-order valence-corrected chi connectivity index (χ4v) is 1.61. The highest BCUT2D eigenvalue weighted by molar-refractivity contribution is 5.61. The predicted octanol–water partition coefficient (Wildman–Crippen LogP) is 0.352. The molecule has 0 saturated carbocycles. The van der Waals surface area contributed by atoms with Crippen molar-refractivity contribution in [2.45, 2.75) is 39.3 Å². The summed E-state index contributed by atoms with van der Waals surface area (Å²) in [5.41, 5.74) is 4.96. The number of anilines is 2. The monoisotopic (exact) mass is 250 g/mol. The molecule has 1 heterocycles. The highest BCUT2D eigenvalue weighted by Gasteiger charge is 2.13. The lowest BCUT2D eigenvalue weighted by molar-refractivity contribution is 0.641. The molecule has 1 atom stereocenters. The van der Waals surface area contributed by atoms with Gasteiger partial charge in [-0.15, -0.1) is 6.42 Å². The van der Waals surface area contributed by atoms with Crippen LogP contribution in [0.4, 0.5) is 11.5 Å². The fourth-order valence-electron chi connectivity index (χ4n) is 1.61. The van der Waals surface area contributed by atoms with Gasteiger partial charge in [-0.1, -0.05) is 19.8 Å². The Bertz CT molecular complexity index is 565. The van der Waals surface area contributed by atoms with Gasteiger partial charge in [0.1, 0.15) is 11.5 Å². The Balaban J connectivity index is 3.28. The van der Waals surface area contributed by atoms with E-state index in [0.29, 0.717) is 13.0 Å². The fraction of sp³-hybridized carbons (Fsp3) is 0.500. The highest BCUT2D eigenvalue weighted by atomic mass is 16.2. The van der Waals surface area contributed by atoms with Crippen molar-refractivity contribution >= 4 is 11.5 Å². The van der Waals surface area contributed by atoms with Crippen molar-refractivity contribution in [3.05, 3.63) is 20.8 Å². The van der Waals surface area contributed by atoms with Crippen LogP contribution >= 0.6 is 0 Å². The first-order valence-corrected chi connectivity index (χ1v) is 5.90. The van der Waals surface area contributed by atoms with E-state index in [1.54, 1.807) is 0 Å². The molecule has 4 N–H and O–H groups in total. The van der Waals surface area contributed by atoms with E-state index in [-0.39, 0.29) is 17.5 Å². The zero-order valence-electron chi connectivity index (χ0n) is 10.6. The van der Waals surface area contributed by atoms with Gasteiger partial charge in [0.25, 0.3) is 5.56 Å². The van der Waals surface area contributed by atoms with E-state index >= 15 is 0 Å². The van der Waals surface area contributed by atoms with Crippen LogP contribution in [-0.2, 0) is 6.54 Å². The molecule has 0 spiro atoms. The Hall–Kier alpha value is -2.16. The Kier molecular flexibility index (Phi) is 4.60. The van der Waals surface area contributed by atoms with Gasteiger partial charge >= 0.3 is 5.69 Å². The summed E-state index contributed by atoms with van der Waals surface area (Å²) in [6.45, 7) is 4.26. The molecule has 0 aliphatic carbocycles. The normalized spacial score (nSPS) is 11.8. The van der Waals surface area contributed by atoms with Crippen molar-refractivity contribution in [2.75, 3.05) is 11.1 Å². The quantitative estimate of drug-likeness (QED) is 0.657. The van der Waals surface area contributed by atoms with Gasteiger partial charge in [0.05, 0.1) is 6.04 Å². The number of nitrogen functional groups attached to an aromatic ring is 1. The van der Waals surface area contributed by atoms with Gasteiger partial charge in [0.2, 0.25) is 0 Å². The minimum absolute atomic E-state index is 0.124. The summed E-state index contributed by atoms with van der Waals surface area (Å²) >= 11 is 0. The number of terminal acetylenes is 1. The first kappa shape index (κ1) is 13.9. The summed E-state index contributed by atoms with van der Waals surface area (Å²) in [5, 5.41) is 2.88. The average molecular weight is 250 g/mol. The van der Waals surface area contributed by atoms with Crippen molar-refractivity contribution in [2.24, 2.45) is 0 Å². The number of rotatable bonds is 5. The average Bonchev–Trinajstić information content (AvgIpc) is 2.35. The van der Waals surface area contributed by atoms with E-state index in [1.807, 2.05) is 13.8 Å². The smallest absolute Gasteiger partial charge is 0.330 e. The Morgan fingerprint density at radius 3 is 2.67 bits per heavy atom. The van der Waals surface area contributed by atoms with Crippen LogP contribution in [0.2, 0.25) is 0 Å². The maximum absolute atomic E-state index is 11.7. The molecule has 0 amide bonds. The second-order valence-corrected chi connectivity index (χ2v) is 3.94. The van der Waals surface area contributed by atoms with Crippen LogP contribution in [0.25, 0.3) is 0 Å². The lowest BCUT2D eigenvalue weighted by Gasteiger charge is -2.16. The summed E-state index contributed by atoms with van der Waals surface area (Å²) < 4.78 is 1.33. The van der Waals surface area contributed by atoms with E-state index in [1.165, 1.54) is 4.57 Å². The van der Waals surface area contributed by atoms with Gasteiger partial charge < -0.3 is 11.1 Å². The molecule has 6 nitrogen and oxygen atoms in total. The lowest BCUT2D eigenvalue weighted by Crippen LogP contribution is -2.35. The molecule has 18 heavy (non-hydrogen) atoms. The van der Waals surface area contributed by atoms with Gasteiger partial charge in [-0.05, 0) is 12.8 Å². The second kappa shape index (κ2) is 5.96. The predicted molar refractivity (Wildman–Crippen MR) is 72.6 cm³/mol. The summed E-state index contributed by atoms with van der Waals surface area (Å²) in [5.74, 6) is 2.64. The van der Waals surface area contributed by atoms with E-state index < -0.39 is 11.2 Å². The molecule has 0 fully saturated rings. The molecular weight excluding hydrogens is 232 g/mol. The second-order valence-electron chi connectivity index (χ2n) is 3.94. The van der Waals surface area contributed by atoms with Crippen LogP contribution in [0.1, 0.15) is 26.7 Å². The topological polar surface area (TPSA) is 92.9 Å². The Morgan fingerprint density at radius 2 is 2.17 bits per heavy atom. The van der Waals surface area contributed by atoms with Crippen LogP contribution in [0, 0.1) is 12.3 Å². The number of nitrogens with one attached hydrogen (secondary N) is 2. The number of hydrogen-bond donors (Lipinski definition) is 3. The van der Waals surface area contributed by atoms with Crippen LogP contribution < -0.4 is 22.3 Å². The van der Waals surface area contributed by atoms with Crippen LogP contribution in [-0.4, -0.2) is 15.6 Å². The van der Waals surface area contributed by atoms with Gasteiger partial charge in [0.15, 0.2) is 0 Å². The maximum Gasteiger partial charge on any atom is 0.330 e. The van der Waals surface area contributed by atoms with Crippen molar-refractivity contribution in [3.63, 3.8) is 0 Å². The van der Waals surface area contributed by atoms with Crippen molar-refractivity contribution in [3.8, 4) is 12.3 Å². The molecular formula is C12H18N4O2. The molecule has 1 aromatic rings. The van der Waals surface area contributed by atoms with Gasteiger partial charge in [0, 0.05) is 6.54 Å². The summed E-state index contributed by atoms with van der Waals surface area (Å²) in [6.07, 6.45) is 6.72. The zero-order chi connectivity index (χ0) is 13.7. The number of hydrogen-bond acceptors (Lipinski definition) is 4. The molecule has 1 aromatic heterocycles. The molecule has 0 radical (unpaired) electrons. The first-order valence-electron chi connectivity index (χ1n) is 5.90. The number of H-pyrrole nitrogens is 1. The number of aromatic amines is 1. The zero-order valence-corrected chi connectivity index (χ0v) is 10.6. The third kappa shape index (κ3) is 2.74. The molecule has 6 heteroatoms. The van der Waals surface area contributed by atoms with E-state index in [0.717, 1.165) is 6.42 Å². The SMILES string of the molecule is C#CC(CC)Nc1c(N)n(CCC)c(=O)[nH]c1=O. The summed E-state index contributed by atoms with van der Waals surface area (Å²) in [6, 6.07) is -0.291. The van der Waals surface area contributed by atoms with Crippen LogP contribution in [0.3, 0.4) is 0 Å².